The van der Waals surface area contributed by atoms with Crippen molar-refractivity contribution < 1.29 is 128 Å². The van der Waals surface area contributed by atoms with Gasteiger partial charge in [-0.3, -0.25) is 53.5 Å². The summed E-state index contributed by atoms with van der Waals surface area (Å²) in [5.41, 5.74) is 0.159. The van der Waals surface area contributed by atoms with E-state index in [0.717, 1.165) is 55.1 Å². The minimum Gasteiger partial charge on any atom is -0.618 e. The summed E-state index contributed by atoms with van der Waals surface area (Å²) in [6.07, 6.45) is 5.89. The van der Waals surface area contributed by atoms with Gasteiger partial charge in [-0.15, -0.1) is 0 Å². The molecule has 0 spiro atoms. The lowest BCUT2D eigenvalue weighted by atomic mass is 9.94. The number of methoxy groups -OCH3 is 4. The molecule has 8 aromatic heterocycles. The molecule has 4 aromatic carbocycles. The van der Waals surface area contributed by atoms with Crippen LogP contribution < -0.4 is 55.0 Å². The number of pyridine rings is 4. The molecule has 16 amide bonds. The summed E-state index contributed by atoms with van der Waals surface area (Å²) in [4.78, 5) is 193. The Bertz CT molecular complexity index is 7260. The van der Waals surface area contributed by atoms with Gasteiger partial charge in [-0.1, -0.05) is 83.2 Å². The summed E-state index contributed by atoms with van der Waals surface area (Å²) in [6.45, 7) is 21.7. The van der Waals surface area contributed by atoms with E-state index < -0.39 is 100 Å². The minimum atomic E-state index is -1.92. The van der Waals surface area contributed by atoms with Crippen LogP contribution in [0, 0.1) is 5.21 Å². The molecule has 20 rings (SSSR count). The van der Waals surface area contributed by atoms with Gasteiger partial charge in [0.25, 0.3) is 52.8 Å². The Morgan fingerprint density at radius 3 is 1.18 bits per heavy atom. The molecule has 146 heavy (non-hydrogen) atoms. The van der Waals surface area contributed by atoms with Gasteiger partial charge in [-0.2, -0.15) is 4.73 Å². The van der Waals surface area contributed by atoms with E-state index in [1.807, 2.05) is 6.07 Å². The van der Waals surface area contributed by atoms with Crippen LogP contribution in [-0.4, -0.2) is 251 Å². The van der Waals surface area contributed by atoms with Crippen molar-refractivity contribution in [2.75, 3.05) is 94.6 Å². The van der Waals surface area contributed by atoms with Crippen LogP contribution >= 0.6 is 0 Å². The number of rotatable bonds is 32. The van der Waals surface area contributed by atoms with Crippen LogP contribution in [0.5, 0.6) is 34.5 Å². The smallest absolute Gasteiger partial charge is 0.327 e. The molecule has 0 aliphatic carbocycles. The fraction of sp³-hybridized carbons (Fsp3) is 0.350. The van der Waals surface area contributed by atoms with Crippen molar-refractivity contribution in [3.63, 3.8) is 0 Å². The maximum absolute atomic E-state index is 14.2. The molecular formula is C100H108N16O27Si3. The molecule has 0 bridgehead atoms. The van der Waals surface area contributed by atoms with E-state index in [1.165, 1.54) is 80.8 Å². The molecule has 12 aromatic rings. The number of aromatic hydroxyl groups is 1. The number of amides is 16. The summed E-state index contributed by atoms with van der Waals surface area (Å²) >= 11 is 0. The van der Waals surface area contributed by atoms with Gasteiger partial charge in [-0.05, 0) is 131 Å². The number of aromatic nitrogens is 4. The van der Waals surface area contributed by atoms with Gasteiger partial charge in [0.15, 0.2) is 67.9 Å². The fourth-order valence-electron chi connectivity index (χ4n) is 18.1. The topological polar surface area (TPSA) is 517 Å². The molecule has 762 valence electrons. The van der Waals surface area contributed by atoms with Gasteiger partial charge in [0.2, 0.25) is 16.8 Å². The Morgan fingerprint density at radius 2 is 0.795 bits per heavy atom. The lowest BCUT2D eigenvalue weighted by Crippen LogP contribution is -2.53. The first-order chi connectivity index (χ1) is 69.5. The molecule has 16 heterocycles. The van der Waals surface area contributed by atoms with E-state index in [0.29, 0.717) is 80.9 Å². The molecule has 43 nitrogen and oxygen atoms in total. The first kappa shape index (κ1) is 102. The standard InChI is InChI=1S/C28H32N4O8Si.C26H30N4O7Si.C26H30N4O6Si.C20H16N4O6/c1-17(33)39-23-22-21(7-6-10-29-22)40-24(23)28(15-31-14-18-8-9-19(37-2)13-20(18)25(31)34)26(35)32(27(36)30-28)16-38-11-12-41(3,4)5;1-35-18-8-7-17-14-28(23(31)19(17)12-18)15-26(22-13-20-21(37-22)6-5-9-30(20)34)24(32)29(25(33)27-26)16-36-10-11-38(2,3)4;1-34-18-8-7-17-14-29(23(31)19(17)12-18)15-26(22-13-20-21(36-22)6-5-9-27-20)24(32)30(25(33)28-26)16-35-10-11-37(2,3)4;1-29-11-5-4-10-8-24(17(26)12(10)7-11)9-20(18(27)22-19(28)23-20)16-15(25)14-13(30-16)3-2-6-21-14/h6-10,13H,11-12,14-16H2,1-5H3,(H,30,36);5-9,12-13H,10-11,14-16H2,1-4H3,(H,27,33);5-9,12-13H,10-11,14-16H2,1-4H3,(H,28,33);2-7,25H,8-9H2,1H3,(H2,22,23,27,28)/t28-;2*26-;20-/m0000/s1. The summed E-state index contributed by atoms with van der Waals surface area (Å²) in [6, 6.07) is 36.8. The molecule has 6 N–H and O–H groups in total. The first-order valence-corrected chi connectivity index (χ1v) is 57.9. The van der Waals surface area contributed by atoms with Crippen LogP contribution in [-0.2, 0) is 86.5 Å². The van der Waals surface area contributed by atoms with Gasteiger partial charge in [-0.25, -0.2) is 43.8 Å². The molecule has 8 aliphatic rings. The summed E-state index contributed by atoms with van der Waals surface area (Å²) < 4.78 is 68.1. The Hall–Kier alpha value is -15.9. The Kier molecular flexibility index (Phi) is 27.8. The molecule has 46 heteroatoms. The molecule has 4 fully saturated rings. The number of nitrogens with one attached hydrogen (secondary N) is 5. The Labute approximate surface area is 837 Å². The second-order valence-electron chi connectivity index (χ2n) is 39.8. The third-order valence-electron chi connectivity index (χ3n) is 26.0. The maximum Gasteiger partial charge on any atom is 0.327 e. The van der Waals surface area contributed by atoms with E-state index in [4.69, 9.17) is 55.6 Å². The zero-order chi connectivity index (χ0) is 104. The highest BCUT2D eigenvalue weighted by Crippen LogP contribution is 2.47. The number of ether oxygens (including phenoxy) is 8. The minimum absolute atomic E-state index is 0.0626. The van der Waals surface area contributed by atoms with Gasteiger partial charge in [0.05, 0.1) is 60.7 Å². The average molecular weight is 2050 g/mol. The summed E-state index contributed by atoms with van der Waals surface area (Å²) in [7, 11) is 1.94. The number of urea groups is 4. The average Bonchev–Trinajstić information content (AvgIpc) is 1.55. The first-order valence-electron chi connectivity index (χ1n) is 46.7. The van der Waals surface area contributed by atoms with Gasteiger partial charge in [0, 0.05) is 130 Å². The van der Waals surface area contributed by atoms with Crippen LogP contribution in [0.1, 0.15) is 93.7 Å². The number of carbonyl (C=O) groups is 13. The highest BCUT2D eigenvalue weighted by atomic mass is 28.3. The van der Waals surface area contributed by atoms with E-state index in [1.54, 1.807) is 126 Å². The lowest BCUT2D eigenvalue weighted by Gasteiger charge is -2.30. The lowest BCUT2D eigenvalue weighted by molar-refractivity contribution is -0.577. The predicted octanol–water partition coefficient (Wildman–Crippen LogP) is 11.1. The third kappa shape index (κ3) is 19.8. The number of benzene rings is 4. The van der Waals surface area contributed by atoms with E-state index >= 15 is 0 Å². The number of carbonyl (C=O) groups excluding carboxylic acids is 13. The maximum atomic E-state index is 14.2. The van der Waals surface area contributed by atoms with Crippen molar-refractivity contribution in [3.05, 3.63) is 231 Å². The Balaban J connectivity index is 0.000000134. The number of furan rings is 4. The van der Waals surface area contributed by atoms with Crippen LogP contribution in [0.4, 0.5) is 19.2 Å². The Morgan fingerprint density at radius 1 is 0.432 bits per heavy atom. The number of esters is 1. The number of imide groups is 4. The molecule has 4 atom stereocenters. The van der Waals surface area contributed by atoms with Crippen LogP contribution in [0.2, 0.25) is 77.1 Å². The number of hydrogen-bond donors (Lipinski definition) is 6. The molecular weight excluding hydrogens is 1940 g/mol. The molecule has 8 aliphatic heterocycles. The second kappa shape index (κ2) is 40.0. The fourth-order valence-corrected chi connectivity index (χ4v) is 20.4. The van der Waals surface area contributed by atoms with Crippen molar-refractivity contribution >= 4 is 146 Å². The largest absolute Gasteiger partial charge is 0.618 e. The van der Waals surface area contributed by atoms with Crippen molar-refractivity contribution in [1.82, 2.24) is 75.8 Å². The van der Waals surface area contributed by atoms with Crippen molar-refractivity contribution in [2.45, 2.75) is 132 Å². The number of fused-ring (bicyclic) bond motifs is 8. The molecule has 0 unspecified atom stereocenters. The van der Waals surface area contributed by atoms with Gasteiger partial charge < -0.3 is 107 Å². The number of nitrogens with zero attached hydrogens (tertiary/aromatic N) is 11. The van der Waals surface area contributed by atoms with Crippen molar-refractivity contribution in [1.29, 1.82) is 0 Å². The highest BCUT2D eigenvalue weighted by Gasteiger charge is 2.62. The van der Waals surface area contributed by atoms with E-state index in [-0.39, 0.29) is 164 Å². The van der Waals surface area contributed by atoms with Crippen molar-refractivity contribution in [2.24, 2.45) is 0 Å². The zero-order valence-corrected chi connectivity index (χ0v) is 85.5. The quantitative estimate of drug-likeness (QED) is 0.00569. The normalized spacial score (nSPS) is 19.5. The van der Waals surface area contributed by atoms with Crippen LogP contribution in [0.25, 0.3) is 44.4 Å². The highest BCUT2D eigenvalue weighted by molar-refractivity contribution is 6.76. The molecule has 0 radical (unpaired) electrons. The number of hydrogen-bond acceptors (Lipinski definition) is 30. The van der Waals surface area contributed by atoms with E-state index in [9.17, 15) is 72.6 Å². The van der Waals surface area contributed by atoms with Crippen LogP contribution in [0.15, 0.2) is 176 Å². The monoisotopic (exact) mass is 2050 g/mol. The zero-order valence-electron chi connectivity index (χ0n) is 82.5. The van der Waals surface area contributed by atoms with Gasteiger partial charge in [0.1, 0.15) is 60.2 Å². The van der Waals surface area contributed by atoms with Gasteiger partial charge >= 0.3 is 30.1 Å². The van der Waals surface area contributed by atoms with Crippen LogP contribution in [0.3, 0.4) is 0 Å². The predicted molar refractivity (Wildman–Crippen MR) is 528 cm³/mol. The summed E-state index contributed by atoms with van der Waals surface area (Å²) in [5.74, 6) is -2.85. The third-order valence-corrected chi connectivity index (χ3v) is 31.1. The molecule has 0 saturated carbocycles. The van der Waals surface area contributed by atoms with Crippen molar-refractivity contribution in [3.8, 4) is 34.5 Å². The summed E-state index contributed by atoms with van der Waals surface area (Å²) in [5, 5.41) is 36.1. The second-order valence-corrected chi connectivity index (χ2v) is 56.7. The molecule has 4 saturated heterocycles. The van der Waals surface area contributed by atoms with E-state index in [2.05, 4.69) is 100 Å². The SMILES string of the molecule is COc1ccc2c(c1)C(=O)N(C[C@@]1(c3cc4c(ccc[n+]4[O-])o3)NC(=O)N(COCC[Si](C)(C)C)C1=O)C2.COc1ccc2c(c1)C(=O)N(C[C@@]1(c3cc4ncccc4o3)NC(=O)N(COCC[Si](C)(C)C)C1=O)C2.COc1ccc2c(c1)C(=O)N(C[C@@]1(c3oc4cccnc4c3O)NC(=O)NC1=O)C2.COc1ccc2c(c1)C(=O)N(C[C@@]1(c3oc4cccnc4c3OC(C)=O)NC(=O)N(COCC[Si](C)(C)C)C1=O)C2.